The topological polar surface area (TPSA) is 52.7 Å². The van der Waals surface area contributed by atoms with Gasteiger partial charge in [0.25, 0.3) is 0 Å². The van der Waals surface area contributed by atoms with Gasteiger partial charge in [-0.15, -0.1) is 0 Å². The Balaban J connectivity index is 1.64. The van der Waals surface area contributed by atoms with E-state index in [9.17, 15) is 9.59 Å². The van der Waals surface area contributed by atoms with Crippen LogP contribution in [-0.4, -0.2) is 48.4 Å². The second kappa shape index (κ2) is 7.69. The van der Waals surface area contributed by atoms with E-state index < -0.39 is 0 Å². The van der Waals surface area contributed by atoms with Gasteiger partial charge in [0.05, 0.1) is 6.04 Å². The van der Waals surface area contributed by atoms with E-state index in [-0.39, 0.29) is 18.0 Å². The van der Waals surface area contributed by atoms with Gasteiger partial charge < -0.3 is 15.1 Å². The highest BCUT2D eigenvalue weighted by molar-refractivity contribution is 5.78. The van der Waals surface area contributed by atoms with Gasteiger partial charge >= 0.3 is 6.03 Å². The predicted molar refractivity (Wildman–Crippen MR) is 93.5 cm³/mol. The molecular weight excluding hydrogens is 302 g/mol. The highest BCUT2D eigenvalue weighted by atomic mass is 16.2. The summed E-state index contributed by atoms with van der Waals surface area (Å²) in [4.78, 5) is 28.2. The Labute approximate surface area is 144 Å². The second-order valence-electron chi connectivity index (χ2n) is 7.03. The van der Waals surface area contributed by atoms with E-state index in [0.29, 0.717) is 18.9 Å². The molecular formula is C19H27N3O2. The quantitative estimate of drug-likeness (QED) is 0.872. The zero-order chi connectivity index (χ0) is 16.9. The summed E-state index contributed by atoms with van der Waals surface area (Å²) in [5, 5.41) is 3.13. The van der Waals surface area contributed by atoms with Crippen molar-refractivity contribution in [3.05, 3.63) is 35.9 Å². The number of likely N-dealkylation sites (tertiary alicyclic amines) is 1. The minimum absolute atomic E-state index is 0.0533. The molecule has 5 nitrogen and oxygen atoms in total. The van der Waals surface area contributed by atoms with Crippen molar-refractivity contribution in [2.75, 3.05) is 26.7 Å². The number of nitrogens with zero attached hydrogens (tertiary/aromatic N) is 2. The fourth-order valence-corrected chi connectivity index (χ4v) is 3.44. The molecule has 1 aromatic carbocycles. The maximum Gasteiger partial charge on any atom is 0.317 e. The second-order valence-corrected chi connectivity index (χ2v) is 7.03. The van der Waals surface area contributed by atoms with E-state index >= 15 is 0 Å². The van der Waals surface area contributed by atoms with Gasteiger partial charge in [0.1, 0.15) is 0 Å². The average Bonchev–Trinajstić information content (AvgIpc) is 2.96. The number of nitrogens with one attached hydrogen (secondary N) is 1. The third-order valence-corrected chi connectivity index (χ3v) is 5.18. The van der Waals surface area contributed by atoms with Crippen LogP contribution in [0.15, 0.2) is 30.3 Å². The summed E-state index contributed by atoms with van der Waals surface area (Å²) >= 11 is 0. The summed E-state index contributed by atoms with van der Waals surface area (Å²) in [5.41, 5.74) is 1.04. The molecule has 1 saturated carbocycles. The van der Waals surface area contributed by atoms with Gasteiger partial charge in [0.2, 0.25) is 5.91 Å². The van der Waals surface area contributed by atoms with Crippen molar-refractivity contribution in [1.82, 2.24) is 15.1 Å². The lowest BCUT2D eigenvalue weighted by molar-refractivity contribution is -0.128. The van der Waals surface area contributed by atoms with E-state index in [4.69, 9.17) is 0 Å². The van der Waals surface area contributed by atoms with Gasteiger partial charge in [-0.2, -0.15) is 0 Å². The summed E-state index contributed by atoms with van der Waals surface area (Å²) in [5.74, 6) is 0.837. The Bertz CT molecular complexity index is 571. The van der Waals surface area contributed by atoms with Gasteiger partial charge in [-0.1, -0.05) is 36.8 Å². The van der Waals surface area contributed by atoms with Crippen molar-refractivity contribution in [3.8, 4) is 0 Å². The van der Waals surface area contributed by atoms with E-state index in [1.807, 2.05) is 42.3 Å². The number of hydrogen-bond donors (Lipinski definition) is 1. The molecule has 1 N–H and O–H groups in total. The molecule has 1 aliphatic carbocycles. The molecule has 24 heavy (non-hydrogen) atoms. The molecule has 1 heterocycles. The highest BCUT2D eigenvalue weighted by Gasteiger charge is 2.27. The minimum Gasteiger partial charge on any atom is -0.340 e. The molecule has 5 heteroatoms. The molecule has 1 unspecified atom stereocenters. The van der Waals surface area contributed by atoms with Crippen molar-refractivity contribution in [2.24, 2.45) is 5.92 Å². The van der Waals surface area contributed by atoms with Crippen molar-refractivity contribution < 1.29 is 9.59 Å². The number of carbonyl (C=O) groups excluding carboxylic acids is 2. The van der Waals surface area contributed by atoms with E-state index in [0.717, 1.165) is 25.1 Å². The van der Waals surface area contributed by atoms with Crippen LogP contribution in [0.2, 0.25) is 0 Å². The normalized spacial score (nSPS) is 19.0. The first-order valence-corrected chi connectivity index (χ1v) is 8.98. The lowest BCUT2D eigenvalue weighted by Gasteiger charge is -2.32. The highest BCUT2D eigenvalue weighted by Crippen LogP contribution is 2.27. The van der Waals surface area contributed by atoms with Crippen LogP contribution in [0.1, 0.15) is 43.7 Å². The van der Waals surface area contributed by atoms with Gasteiger partial charge in [-0.25, -0.2) is 4.79 Å². The Morgan fingerprint density at radius 1 is 1.29 bits per heavy atom. The molecule has 2 fully saturated rings. The minimum atomic E-state index is -0.162. The molecule has 130 valence electrons. The molecule has 1 atom stereocenters. The van der Waals surface area contributed by atoms with Gasteiger partial charge in [0, 0.05) is 33.1 Å². The molecule has 0 bridgehead atoms. The lowest BCUT2D eigenvalue weighted by atomic mass is 9.85. The summed E-state index contributed by atoms with van der Waals surface area (Å²) < 4.78 is 0. The smallest absolute Gasteiger partial charge is 0.317 e. The molecule has 1 aromatic rings. The number of rotatable bonds is 6. The summed E-state index contributed by atoms with van der Waals surface area (Å²) in [6.07, 6.45) is 5.26. The van der Waals surface area contributed by atoms with Crippen LogP contribution >= 0.6 is 0 Å². The molecule has 3 rings (SSSR count). The van der Waals surface area contributed by atoms with Crippen molar-refractivity contribution in [1.29, 1.82) is 0 Å². The third-order valence-electron chi connectivity index (χ3n) is 5.18. The molecule has 0 spiro atoms. The first-order chi connectivity index (χ1) is 11.6. The summed E-state index contributed by atoms with van der Waals surface area (Å²) in [7, 11) is 1.86. The summed E-state index contributed by atoms with van der Waals surface area (Å²) in [6, 6.07) is 9.71. The molecule has 0 radical (unpaired) electrons. The maximum absolute atomic E-state index is 12.6. The van der Waals surface area contributed by atoms with Gasteiger partial charge in [0.15, 0.2) is 0 Å². The number of carbonyl (C=O) groups is 2. The first-order valence-electron chi connectivity index (χ1n) is 8.98. The number of benzene rings is 1. The zero-order valence-corrected chi connectivity index (χ0v) is 14.4. The van der Waals surface area contributed by atoms with Crippen molar-refractivity contribution in [3.63, 3.8) is 0 Å². The predicted octanol–water partition coefficient (Wildman–Crippen LogP) is 2.79. The molecule has 0 aromatic heterocycles. The Kier molecular flexibility index (Phi) is 5.38. The Hall–Kier alpha value is -2.04. The zero-order valence-electron chi connectivity index (χ0n) is 14.4. The van der Waals surface area contributed by atoms with Gasteiger partial charge in [-0.05, 0) is 30.7 Å². The standard InChI is InChI=1S/C19H27N3O2/c1-21(13-15-7-5-8-15)19(24)20-17(16-9-3-2-4-10-16)14-22-12-6-11-18(22)23/h2-4,9-10,15,17H,5-8,11-14H2,1H3,(H,20,24). The Morgan fingerprint density at radius 3 is 2.62 bits per heavy atom. The van der Waals surface area contributed by atoms with Crippen molar-refractivity contribution in [2.45, 2.75) is 38.1 Å². The fraction of sp³-hybridized carbons (Fsp3) is 0.579. The number of hydrogen-bond acceptors (Lipinski definition) is 2. The average molecular weight is 329 g/mol. The van der Waals surface area contributed by atoms with E-state index in [2.05, 4.69) is 5.32 Å². The van der Waals surface area contributed by atoms with Gasteiger partial charge in [-0.3, -0.25) is 4.79 Å². The molecule has 1 saturated heterocycles. The monoisotopic (exact) mass is 329 g/mol. The molecule has 2 aliphatic rings. The lowest BCUT2D eigenvalue weighted by Crippen LogP contribution is -2.45. The third kappa shape index (κ3) is 4.08. The Morgan fingerprint density at radius 2 is 2.04 bits per heavy atom. The first kappa shape index (κ1) is 16.8. The fourth-order valence-electron chi connectivity index (χ4n) is 3.44. The molecule has 1 aliphatic heterocycles. The van der Waals surface area contributed by atoms with Crippen LogP contribution in [0.4, 0.5) is 4.79 Å². The van der Waals surface area contributed by atoms with Crippen LogP contribution in [-0.2, 0) is 4.79 Å². The SMILES string of the molecule is CN(CC1CCC1)C(=O)NC(CN1CCCC1=O)c1ccccc1. The van der Waals surface area contributed by atoms with Crippen molar-refractivity contribution >= 4 is 11.9 Å². The largest absolute Gasteiger partial charge is 0.340 e. The number of amides is 3. The van der Waals surface area contributed by atoms with Crippen LogP contribution in [0.25, 0.3) is 0 Å². The van der Waals surface area contributed by atoms with Crippen LogP contribution < -0.4 is 5.32 Å². The number of urea groups is 1. The summed E-state index contributed by atoms with van der Waals surface area (Å²) in [6.45, 7) is 2.15. The van der Waals surface area contributed by atoms with E-state index in [1.54, 1.807) is 4.90 Å². The van der Waals surface area contributed by atoms with Crippen LogP contribution in [0, 0.1) is 5.92 Å². The maximum atomic E-state index is 12.6. The molecule has 3 amide bonds. The van der Waals surface area contributed by atoms with Crippen LogP contribution in [0.5, 0.6) is 0 Å². The van der Waals surface area contributed by atoms with E-state index in [1.165, 1.54) is 19.3 Å². The van der Waals surface area contributed by atoms with Crippen LogP contribution in [0.3, 0.4) is 0 Å².